The molecule has 9 nitrogen and oxygen atoms in total. The third-order valence-electron chi connectivity index (χ3n) is 4.08. The highest BCUT2D eigenvalue weighted by Gasteiger charge is 2.25. The van der Waals surface area contributed by atoms with E-state index in [0.29, 0.717) is 42.9 Å². The van der Waals surface area contributed by atoms with Crippen LogP contribution in [0.1, 0.15) is 43.1 Å². The van der Waals surface area contributed by atoms with Crippen molar-refractivity contribution in [2.24, 2.45) is 0 Å². The fourth-order valence-electron chi connectivity index (χ4n) is 2.80. The zero-order valence-corrected chi connectivity index (χ0v) is 16.4. The first kappa shape index (κ1) is 20.5. The van der Waals surface area contributed by atoms with Crippen molar-refractivity contribution in [2.45, 2.75) is 43.5 Å². The molecule has 2 N–H and O–H groups in total. The van der Waals surface area contributed by atoms with Gasteiger partial charge in [-0.3, -0.25) is 0 Å². The van der Waals surface area contributed by atoms with Gasteiger partial charge in [-0.1, -0.05) is 12.1 Å². The molecular weight excluding hydrogens is 380 g/mol. The fourth-order valence-corrected chi connectivity index (χ4v) is 3.63. The molecule has 0 aliphatic carbocycles. The topological polar surface area (TPSA) is 123 Å². The Balaban J connectivity index is 0.00000243. The predicted molar refractivity (Wildman–Crippen MR) is 98.2 cm³/mol. The van der Waals surface area contributed by atoms with Crippen LogP contribution in [0.25, 0.3) is 0 Å². The molecule has 0 bridgehead atoms. The van der Waals surface area contributed by atoms with Crippen molar-refractivity contribution in [1.82, 2.24) is 25.4 Å². The fraction of sp³-hybridized carbons (Fsp3) is 0.600. The lowest BCUT2D eigenvalue weighted by molar-refractivity contribution is 0.377. The minimum Gasteiger partial charge on any atom is -0.347 e. The van der Waals surface area contributed by atoms with Gasteiger partial charge in [-0.25, -0.2) is 18.4 Å². The number of hydrogen-bond donors (Lipinski definition) is 2. The molecule has 2 aromatic rings. The summed E-state index contributed by atoms with van der Waals surface area (Å²) in [6, 6.07) is 0. The quantitative estimate of drug-likeness (QED) is 0.736. The number of aryl methyl sites for hydroxylation is 1. The SMILES string of the molecule is CCc1nc(CNc2ncc(S(C)(=O)=O)c(C3CCCNC3)n2)no1.Cl. The van der Waals surface area contributed by atoms with E-state index in [0.717, 1.165) is 19.4 Å². The molecule has 1 saturated heterocycles. The van der Waals surface area contributed by atoms with Gasteiger partial charge in [0.15, 0.2) is 15.7 Å². The summed E-state index contributed by atoms with van der Waals surface area (Å²) in [4.78, 5) is 13.0. The average molecular weight is 403 g/mol. The van der Waals surface area contributed by atoms with Gasteiger partial charge in [0.1, 0.15) is 4.90 Å². The third kappa shape index (κ3) is 4.89. The number of hydrogen-bond acceptors (Lipinski definition) is 9. The van der Waals surface area contributed by atoms with Crippen LogP contribution in [-0.2, 0) is 22.8 Å². The Hall–Kier alpha value is -1.78. The molecule has 0 saturated carbocycles. The predicted octanol–water partition coefficient (Wildman–Crippen LogP) is 1.33. The average Bonchev–Trinajstić information content (AvgIpc) is 3.08. The van der Waals surface area contributed by atoms with Gasteiger partial charge in [0, 0.05) is 25.1 Å². The Morgan fingerprint density at radius 2 is 2.19 bits per heavy atom. The summed E-state index contributed by atoms with van der Waals surface area (Å²) >= 11 is 0. The van der Waals surface area contributed by atoms with Crippen molar-refractivity contribution >= 4 is 28.2 Å². The van der Waals surface area contributed by atoms with E-state index in [4.69, 9.17) is 4.52 Å². The molecular formula is C15H23ClN6O3S. The van der Waals surface area contributed by atoms with Crippen molar-refractivity contribution < 1.29 is 12.9 Å². The minimum atomic E-state index is -3.39. The van der Waals surface area contributed by atoms with Crippen LogP contribution in [0.5, 0.6) is 0 Å². The van der Waals surface area contributed by atoms with E-state index in [1.807, 2.05) is 6.92 Å². The number of halogens is 1. The summed E-state index contributed by atoms with van der Waals surface area (Å²) in [7, 11) is -3.39. The summed E-state index contributed by atoms with van der Waals surface area (Å²) in [5, 5.41) is 10.2. The number of nitrogens with zero attached hydrogens (tertiary/aromatic N) is 4. The second-order valence-electron chi connectivity index (χ2n) is 6.07. The summed E-state index contributed by atoms with van der Waals surface area (Å²) in [5.74, 6) is 1.49. The molecule has 0 aromatic carbocycles. The number of piperidine rings is 1. The normalized spacial score (nSPS) is 17.5. The highest BCUT2D eigenvalue weighted by atomic mass is 35.5. The van der Waals surface area contributed by atoms with Crippen LogP contribution in [0.4, 0.5) is 5.95 Å². The monoisotopic (exact) mass is 402 g/mol. The van der Waals surface area contributed by atoms with Crippen LogP contribution in [0.3, 0.4) is 0 Å². The molecule has 1 atom stereocenters. The number of rotatable bonds is 6. The van der Waals surface area contributed by atoms with E-state index in [2.05, 4.69) is 30.7 Å². The molecule has 26 heavy (non-hydrogen) atoms. The number of sulfone groups is 1. The van der Waals surface area contributed by atoms with E-state index >= 15 is 0 Å². The molecule has 11 heteroatoms. The van der Waals surface area contributed by atoms with Crippen molar-refractivity contribution in [3.63, 3.8) is 0 Å². The van der Waals surface area contributed by atoms with E-state index in [9.17, 15) is 8.42 Å². The van der Waals surface area contributed by atoms with Gasteiger partial charge < -0.3 is 15.2 Å². The first-order chi connectivity index (χ1) is 12.0. The molecule has 1 aliphatic heterocycles. The minimum absolute atomic E-state index is 0. The second kappa shape index (κ2) is 8.74. The van der Waals surface area contributed by atoms with Gasteiger partial charge in [-0.15, -0.1) is 12.4 Å². The molecule has 1 aliphatic rings. The van der Waals surface area contributed by atoms with Crippen molar-refractivity contribution in [1.29, 1.82) is 0 Å². The first-order valence-electron chi connectivity index (χ1n) is 8.30. The zero-order chi connectivity index (χ0) is 17.9. The lowest BCUT2D eigenvalue weighted by Gasteiger charge is -2.24. The Labute approximate surface area is 158 Å². The maximum Gasteiger partial charge on any atom is 0.226 e. The summed E-state index contributed by atoms with van der Waals surface area (Å²) in [6.07, 6.45) is 5.12. The van der Waals surface area contributed by atoms with Crippen LogP contribution in [0.15, 0.2) is 15.6 Å². The molecule has 3 rings (SSSR count). The van der Waals surface area contributed by atoms with Crippen LogP contribution >= 0.6 is 12.4 Å². The highest BCUT2D eigenvalue weighted by Crippen LogP contribution is 2.27. The van der Waals surface area contributed by atoms with Crippen LogP contribution < -0.4 is 10.6 Å². The lowest BCUT2D eigenvalue weighted by Crippen LogP contribution is -2.30. The second-order valence-corrected chi connectivity index (χ2v) is 8.05. The largest absolute Gasteiger partial charge is 0.347 e. The summed E-state index contributed by atoms with van der Waals surface area (Å²) in [6.45, 7) is 3.90. The van der Waals surface area contributed by atoms with Crippen LogP contribution in [0, 0.1) is 0 Å². The number of nitrogens with one attached hydrogen (secondary N) is 2. The molecule has 0 radical (unpaired) electrons. The Morgan fingerprint density at radius 3 is 2.81 bits per heavy atom. The molecule has 3 heterocycles. The van der Waals surface area contributed by atoms with Gasteiger partial charge in [-0.2, -0.15) is 4.98 Å². The standard InChI is InChI=1S/C15H22N6O3S.ClH/c1-3-13-19-12(21-24-13)9-18-15-17-8-11(25(2,22)23)14(20-15)10-5-4-6-16-7-10;/h8,10,16H,3-7,9H2,1-2H3,(H,17,18,20);1H. The molecule has 144 valence electrons. The smallest absolute Gasteiger partial charge is 0.226 e. The number of anilines is 1. The molecule has 0 spiro atoms. The van der Waals surface area contributed by atoms with Gasteiger partial charge in [0.25, 0.3) is 0 Å². The molecule has 1 unspecified atom stereocenters. The van der Waals surface area contributed by atoms with Crippen LogP contribution in [-0.4, -0.2) is 47.9 Å². The zero-order valence-electron chi connectivity index (χ0n) is 14.7. The molecule has 2 aromatic heterocycles. The Kier molecular flexibility index (Phi) is 6.90. The van der Waals surface area contributed by atoms with E-state index in [1.54, 1.807) is 0 Å². The van der Waals surface area contributed by atoms with E-state index in [-0.39, 0.29) is 23.2 Å². The molecule has 1 fully saturated rings. The van der Waals surface area contributed by atoms with E-state index in [1.165, 1.54) is 12.5 Å². The first-order valence-corrected chi connectivity index (χ1v) is 10.2. The van der Waals surface area contributed by atoms with Crippen molar-refractivity contribution in [3.8, 4) is 0 Å². The van der Waals surface area contributed by atoms with Crippen molar-refractivity contribution in [2.75, 3.05) is 24.7 Å². The molecule has 0 amide bonds. The summed E-state index contributed by atoms with van der Waals surface area (Å²) < 4.78 is 29.2. The Bertz CT molecular complexity index is 836. The van der Waals surface area contributed by atoms with Gasteiger partial charge >= 0.3 is 0 Å². The Morgan fingerprint density at radius 1 is 1.38 bits per heavy atom. The van der Waals surface area contributed by atoms with Gasteiger partial charge in [0.2, 0.25) is 11.8 Å². The van der Waals surface area contributed by atoms with Crippen molar-refractivity contribution in [3.05, 3.63) is 23.6 Å². The summed E-state index contributed by atoms with van der Waals surface area (Å²) in [5.41, 5.74) is 0.564. The highest BCUT2D eigenvalue weighted by molar-refractivity contribution is 7.90. The third-order valence-corrected chi connectivity index (χ3v) is 5.20. The maximum absolute atomic E-state index is 12.1. The van der Waals surface area contributed by atoms with E-state index < -0.39 is 9.84 Å². The maximum atomic E-state index is 12.1. The lowest BCUT2D eigenvalue weighted by atomic mass is 9.96. The van der Waals surface area contributed by atoms with Crippen LogP contribution in [0.2, 0.25) is 0 Å². The van der Waals surface area contributed by atoms with Gasteiger partial charge in [-0.05, 0) is 19.4 Å². The van der Waals surface area contributed by atoms with Gasteiger partial charge in [0.05, 0.1) is 18.4 Å². The number of aromatic nitrogens is 4.